The summed E-state index contributed by atoms with van der Waals surface area (Å²) in [7, 11) is 0. The summed E-state index contributed by atoms with van der Waals surface area (Å²) in [6.07, 6.45) is 5.51. The van der Waals surface area contributed by atoms with E-state index in [1.54, 1.807) is 0 Å². The van der Waals surface area contributed by atoms with Gasteiger partial charge in [0.2, 0.25) is 5.65 Å². The first-order chi connectivity index (χ1) is 4.97. The van der Waals surface area contributed by atoms with Crippen molar-refractivity contribution in [3.05, 3.63) is 18.6 Å². The number of aromatic nitrogens is 5. The smallest absolute Gasteiger partial charge is 0.204 e. The molecule has 2 heterocycles. The Morgan fingerprint density at radius 3 is 3.30 bits per heavy atom. The minimum absolute atomic E-state index is 0.470. The lowest BCUT2D eigenvalue weighted by atomic mass is 10.5. The molecule has 0 unspecified atom stereocenters. The van der Waals surface area contributed by atoms with Crippen molar-refractivity contribution in [2.24, 2.45) is 0 Å². The summed E-state index contributed by atoms with van der Waals surface area (Å²) in [6.45, 7) is 0. The number of rotatable bonds is 0. The van der Waals surface area contributed by atoms with Crippen molar-refractivity contribution in [2.75, 3.05) is 0 Å². The van der Waals surface area contributed by atoms with E-state index in [0.29, 0.717) is 11.2 Å². The Kier molecular flexibility index (Phi) is 1.00. The maximum absolute atomic E-state index is 3.90. The first-order valence-electron chi connectivity index (χ1n) is 2.64. The summed E-state index contributed by atoms with van der Waals surface area (Å²) >= 11 is 0. The van der Waals surface area contributed by atoms with Gasteiger partial charge in [-0.15, -0.1) is 10.2 Å². The molecule has 0 aliphatic carbocycles. The predicted octanol–water partition coefficient (Wildman–Crippen LogP) is -0.385. The van der Waals surface area contributed by atoms with Crippen LogP contribution >= 0.6 is 0 Å². The Labute approximate surface area is 56.1 Å². The Morgan fingerprint density at radius 2 is 2.40 bits per heavy atom. The van der Waals surface area contributed by atoms with Crippen LogP contribution in [0.25, 0.3) is 11.2 Å². The molecule has 0 aromatic carbocycles. The first kappa shape index (κ1) is 5.16. The van der Waals surface area contributed by atoms with Crippen LogP contribution < -0.4 is 0 Å². The van der Waals surface area contributed by atoms with Crippen molar-refractivity contribution in [1.29, 1.82) is 0 Å². The van der Waals surface area contributed by atoms with Crippen LogP contribution in [0.15, 0.2) is 12.4 Å². The molecule has 0 fully saturated rings. The van der Waals surface area contributed by atoms with Gasteiger partial charge in [-0.1, -0.05) is 0 Å². The monoisotopic (exact) mass is 132 g/mol. The number of hydrogen-bond donors (Lipinski definition) is 0. The minimum atomic E-state index is 0.470. The molecule has 0 saturated heterocycles. The zero-order chi connectivity index (χ0) is 6.81. The number of nitrogens with zero attached hydrogens (tertiary/aromatic N) is 5. The fourth-order valence-electron chi connectivity index (χ4n) is 0.617. The van der Waals surface area contributed by atoms with E-state index in [2.05, 4.69) is 31.6 Å². The lowest BCUT2D eigenvalue weighted by Crippen LogP contribution is -1.90. The zero-order valence-corrected chi connectivity index (χ0v) is 4.89. The molecule has 0 N–H and O–H groups in total. The van der Waals surface area contributed by atoms with E-state index in [0.717, 1.165) is 0 Å². The van der Waals surface area contributed by atoms with Crippen LogP contribution in [0.4, 0.5) is 0 Å². The van der Waals surface area contributed by atoms with E-state index >= 15 is 0 Å². The highest BCUT2D eigenvalue weighted by Crippen LogP contribution is 1.96. The van der Waals surface area contributed by atoms with Gasteiger partial charge >= 0.3 is 0 Å². The Balaban J connectivity index is 2.89. The predicted molar refractivity (Wildman–Crippen MR) is 31.8 cm³/mol. The van der Waals surface area contributed by atoms with Crippen molar-refractivity contribution in [3.63, 3.8) is 0 Å². The summed E-state index contributed by atoms with van der Waals surface area (Å²) in [4.78, 5) is 7.68. The van der Waals surface area contributed by atoms with Crippen LogP contribution in [-0.2, 0) is 0 Å². The van der Waals surface area contributed by atoms with Gasteiger partial charge in [0.1, 0.15) is 11.7 Å². The second-order valence-corrected chi connectivity index (χ2v) is 1.64. The molecule has 5 nitrogen and oxygen atoms in total. The largest absolute Gasteiger partial charge is 0.249 e. The molecule has 1 radical (unpaired) electrons. The molecule has 47 valence electrons. The maximum Gasteiger partial charge on any atom is 0.204 e. The van der Waals surface area contributed by atoms with E-state index in [1.165, 1.54) is 12.4 Å². The Hall–Kier alpha value is -1.65. The number of hydrogen-bond acceptors (Lipinski definition) is 5. The number of fused-ring (bicyclic) bond motifs is 1. The normalized spacial score (nSPS) is 10.0. The van der Waals surface area contributed by atoms with Gasteiger partial charge in [0.15, 0.2) is 0 Å². The second-order valence-electron chi connectivity index (χ2n) is 1.64. The van der Waals surface area contributed by atoms with E-state index in [1.807, 2.05) is 0 Å². The van der Waals surface area contributed by atoms with Crippen molar-refractivity contribution >= 4 is 11.2 Å². The van der Waals surface area contributed by atoms with Crippen LogP contribution in [0.5, 0.6) is 0 Å². The molecular weight excluding hydrogens is 130 g/mol. The van der Waals surface area contributed by atoms with Crippen molar-refractivity contribution in [2.45, 2.75) is 0 Å². The summed E-state index contributed by atoms with van der Waals surface area (Å²) in [5.41, 5.74) is 1.10. The van der Waals surface area contributed by atoms with E-state index in [9.17, 15) is 0 Å². The molecule has 0 atom stereocenters. The first-order valence-corrected chi connectivity index (χ1v) is 2.64. The standard InChI is InChI=1S/C5H2N5/c1-2-7-5-4(6-1)3-8-10-9-5/h1,3H. The maximum atomic E-state index is 3.90. The fraction of sp³-hybridized carbons (Fsp3) is 0. The van der Waals surface area contributed by atoms with Crippen LogP contribution in [-0.4, -0.2) is 25.4 Å². The average molecular weight is 132 g/mol. The lowest BCUT2D eigenvalue weighted by molar-refractivity contribution is 0.879. The van der Waals surface area contributed by atoms with Crippen LogP contribution in [0, 0.1) is 6.20 Å². The van der Waals surface area contributed by atoms with E-state index in [4.69, 9.17) is 0 Å². The van der Waals surface area contributed by atoms with Crippen LogP contribution in [0.1, 0.15) is 0 Å². The average Bonchev–Trinajstić information content (AvgIpc) is 2.05. The van der Waals surface area contributed by atoms with Crippen molar-refractivity contribution in [3.8, 4) is 0 Å². The molecule has 0 aliphatic heterocycles. The Morgan fingerprint density at radius 1 is 1.40 bits per heavy atom. The van der Waals surface area contributed by atoms with E-state index < -0.39 is 0 Å². The molecule has 10 heavy (non-hydrogen) atoms. The molecule has 2 aromatic heterocycles. The van der Waals surface area contributed by atoms with Crippen LogP contribution in [0.2, 0.25) is 0 Å². The third-order valence-electron chi connectivity index (χ3n) is 1.03. The highest BCUT2D eigenvalue weighted by molar-refractivity contribution is 5.65. The molecule has 2 rings (SSSR count). The molecule has 0 aliphatic rings. The molecular formula is C5H2N5. The van der Waals surface area contributed by atoms with Crippen molar-refractivity contribution in [1.82, 2.24) is 25.4 Å². The van der Waals surface area contributed by atoms with Gasteiger partial charge in [0, 0.05) is 0 Å². The van der Waals surface area contributed by atoms with E-state index in [-0.39, 0.29) is 0 Å². The third-order valence-corrected chi connectivity index (χ3v) is 1.03. The van der Waals surface area contributed by atoms with Gasteiger partial charge in [-0.25, -0.2) is 9.97 Å². The minimum Gasteiger partial charge on any atom is -0.249 e. The molecule has 0 bridgehead atoms. The molecule has 2 aromatic rings. The molecule has 0 spiro atoms. The summed E-state index contributed by atoms with van der Waals surface area (Å²) < 4.78 is 0. The van der Waals surface area contributed by atoms with Gasteiger partial charge < -0.3 is 0 Å². The lowest BCUT2D eigenvalue weighted by Gasteiger charge is -1.87. The van der Waals surface area contributed by atoms with Gasteiger partial charge in [-0.05, 0) is 5.21 Å². The van der Waals surface area contributed by atoms with Gasteiger partial charge in [0.25, 0.3) is 0 Å². The summed E-state index contributed by atoms with van der Waals surface area (Å²) in [5, 5.41) is 10.5. The van der Waals surface area contributed by atoms with Gasteiger partial charge in [-0.2, -0.15) is 0 Å². The summed E-state index contributed by atoms with van der Waals surface area (Å²) in [6, 6.07) is 0. The zero-order valence-electron chi connectivity index (χ0n) is 4.89. The Bertz CT molecular complexity index is 281. The molecule has 0 saturated carbocycles. The van der Waals surface area contributed by atoms with Crippen LogP contribution in [0.3, 0.4) is 0 Å². The van der Waals surface area contributed by atoms with Crippen molar-refractivity contribution < 1.29 is 0 Å². The molecule has 5 heteroatoms. The second kappa shape index (κ2) is 1.94. The third kappa shape index (κ3) is 0.680. The highest BCUT2D eigenvalue weighted by Gasteiger charge is 1.92. The fourth-order valence-corrected chi connectivity index (χ4v) is 0.617. The van der Waals surface area contributed by atoms with Gasteiger partial charge in [0.05, 0.1) is 12.4 Å². The quantitative estimate of drug-likeness (QED) is 0.488. The highest BCUT2D eigenvalue weighted by atomic mass is 15.3. The molecule has 0 amide bonds. The van der Waals surface area contributed by atoms with Gasteiger partial charge in [-0.3, -0.25) is 0 Å². The topological polar surface area (TPSA) is 64.5 Å². The SMILES string of the molecule is [c]1cnc2cnnnc2n1. The summed E-state index contributed by atoms with van der Waals surface area (Å²) in [5.74, 6) is 0.